The molecule has 41 heavy (non-hydrogen) atoms. The third-order valence-corrected chi connectivity index (χ3v) is 6.33. The third kappa shape index (κ3) is 31.2. The van der Waals surface area contributed by atoms with Crippen LogP contribution < -0.4 is 15.5 Å². The molecular formula is C25H58N2O12P2. The topological polar surface area (TPSA) is 182 Å². The smallest absolute Gasteiger partial charge is 0.268 e. The largest absolute Gasteiger partial charge is 0.756 e. The van der Waals surface area contributed by atoms with E-state index >= 15 is 0 Å². The molecule has 0 saturated carbocycles. The Hall–Kier alpha value is -0.0200. The van der Waals surface area contributed by atoms with Gasteiger partial charge in [-0.25, -0.2) is 0 Å². The van der Waals surface area contributed by atoms with E-state index in [4.69, 9.17) is 32.5 Å². The highest BCUT2D eigenvalue weighted by atomic mass is 31.2. The zero-order valence-electron chi connectivity index (χ0n) is 27.1. The minimum absolute atomic E-state index is 0.0129. The van der Waals surface area contributed by atoms with Gasteiger partial charge in [-0.3, -0.25) is 9.13 Å². The molecule has 14 nitrogen and oxygen atoms in total. The molecule has 0 radical (unpaired) electrons. The van der Waals surface area contributed by atoms with Crippen LogP contribution in [0.5, 0.6) is 0 Å². The molecule has 0 fully saturated rings. The molecule has 0 bridgehead atoms. The van der Waals surface area contributed by atoms with Crippen molar-refractivity contribution in [3.05, 3.63) is 0 Å². The Bertz CT molecular complexity index is 736. The fraction of sp³-hybridized carbons (Fsp3) is 1.00. The summed E-state index contributed by atoms with van der Waals surface area (Å²) in [6, 6.07) is 0. The van der Waals surface area contributed by atoms with Gasteiger partial charge >= 0.3 is 0 Å². The van der Waals surface area contributed by atoms with Crippen LogP contribution in [0.1, 0.15) is 55.4 Å². The van der Waals surface area contributed by atoms with Gasteiger partial charge in [0.15, 0.2) is 0 Å². The highest BCUT2D eigenvalue weighted by molar-refractivity contribution is 7.46. The van der Waals surface area contributed by atoms with Crippen molar-refractivity contribution in [1.29, 1.82) is 0 Å². The quantitative estimate of drug-likeness (QED) is 0.125. The van der Waals surface area contributed by atoms with E-state index in [-0.39, 0.29) is 64.1 Å². The minimum atomic E-state index is -4.32. The van der Waals surface area contributed by atoms with Crippen LogP contribution in [0.3, 0.4) is 0 Å². The number of likely N-dealkylation sites (N-methyl/N-ethyl adjacent to an activating group) is 1. The standard InChI is InChI=1S/C14H32NO6P.C11H26NO6P/c1-12(2)18-10-14(21-13(3)4)11-20-22(16,17)19-9-8-15(5,6)7;1-9(2)15-7-11(18-10(3)4)8-17-19(13,14)16-6-5-12/h12-14H,8-11H2,1-7H3;9-11H,5-8,12H2,1-4H3,(H,13,14)/t14-;11-/m11/s1. The number of rotatable bonds is 23. The molecule has 4 atom stereocenters. The zero-order valence-corrected chi connectivity index (χ0v) is 28.9. The van der Waals surface area contributed by atoms with Crippen molar-refractivity contribution in [2.45, 2.75) is 92.0 Å². The van der Waals surface area contributed by atoms with Crippen LogP contribution in [0.15, 0.2) is 0 Å². The summed E-state index contributed by atoms with van der Waals surface area (Å²) < 4.78 is 64.8. The van der Waals surface area contributed by atoms with Gasteiger partial charge in [0, 0.05) is 0 Å². The summed E-state index contributed by atoms with van der Waals surface area (Å²) in [6.45, 7) is 16.4. The fourth-order valence-corrected chi connectivity index (χ4v) is 4.15. The first-order valence-electron chi connectivity index (χ1n) is 14.0. The van der Waals surface area contributed by atoms with Crippen molar-refractivity contribution in [3.63, 3.8) is 0 Å². The summed E-state index contributed by atoms with van der Waals surface area (Å²) in [7, 11) is -2.74. The predicted molar refractivity (Wildman–Crippen MR) is 152 cm³/mol. The molecule has 16 heteroatoms. The van der Waals surface area contributed by atoms with Gasteiger partial charge in [-0.2, -0.15) is 0 Å². The second kappa shape index (κ2) is 22.5. The first-order valence-corrected chi connectivity index (χ1v) is 16.9. The number of ether oxygens (including phenoxy) is 4. The van der Waals surface area contributed by atoms with Crippen molar-refractivity contribution in [2.24, 2.45) is 0 Å². The van der Waals surface area contributed by atoms with Crippen LogP contribution in [0.4, 0.5) is 0 Å². The van der Waals surface area contributed by atoms with Gasteiger partial charge in [-0.05, 0) is 55.4 Å². The summed E-state index contributed by atoms with van der Waals surface area (Å²) in [5.41, 5.74) is 3.49. The maximum absolute atomic E-state index is 11.7. The van der Waals surface area contributed by atoms with Crippen molar-refractivity contribution in [3.8, 4) is 0 Å². The van der Waals surface area contributed by atoms with Gasteiger partial charge in [0.25, 0.3) is 15.6 Å². The van der Waals surface area contributed by atoms with Gasteiger partial charge in [0.05, 0.1) is 78.5 Å². The second-order valence-corrected chi connectivity index (χ2v) is 14.2. The van der Waals surface area contributed by atoms with Crippen LogP contribution in [-0.2, 0) is 46.2 Å². The van der Waals surface area contributed by atoms with Crippen molar-refractivity contribution >= 4 is 15.6 Å². The Balaban J connectivity index is 0. The molecule has 0 heterocycles. The number of hydrogen-bond acceptors (Lipinski definition) is 12. The molecule has 0 aliphatic rings. The average Bonchev–Trinajstić information content (AvgIpc) is 2.80. The Morgan fingerprint density at radius 2 is 0.976 bits per heavy atom. The van der Waals surface area contributed by atoms with E-state index in [1.165, 1.54) is 0 Å². The van der Waals surface area contributed by atoms with E-state index in [0.29, 0.717) is 17.6 Å². The normalized spacial score (nSPS) is 16.9. The highest BCUT2D eigenvalue weighted by Gasteiger charge is 2.19. The number of nitrogens with zero attached hydrogens (tertiary/aromatic N) is 1. The number of phosphoric acid groups is 2. The zero-order chi connectivity index (χ0) is 32.3. The molecule has 0 aromatic rings. The summed E-state index contributed by atoms with van der Waals surface area (Å²) in [4.78, 5) is 23.1. The van der Waals surface area contributed by atoms with Gasteiger partial charge in [-0.15, -0.1) is 0 Å². The Morgan fingerprint density at radius 3 is 1.27 bits per heavy atom. The number of quaternary nitrogens is 2. The molecule has 0 aliphatic carbocycles. The molecule has 0 aliphatic heterocycles. The Kier molecular flexibility index (Phi) is 23.6. The van der Waals surface area contributed by atoms with Crippen LogP contribution in [-0.4, -0.2) is 115 Å². The molecule has 0 spiro atoms. The lowest BCUT2D eigenvalue weighted by Gasteiger charge is -2.29. The van der Waals surface area contributed by atoms with Crippen LogP contribution in [0, 0.1) is 0 Å². The molecule has 2 unspecified atom stereocenters. The predicted octanol–water partition coefficient (Wildman–Crippen LogP) is 1.36. The Morgan fingerprint density at radius 1 is 0.610 bits per heavy atom. The van der Waals surface area contributed by atoms with Gasteiger partial charge in [-0.1, -0.05) is 0 Å². The molecule has 0 amide bonds. The molecule has 0 aromatic carbocycles. The van der Waals surface area contributed by atoms with Gasteiger partial charge in [0.2, 0.25) is 0 Å². The van der Waals surface area contributed by atoms with Gasteiger partial charge < -0.3 is 57.0 Å². The van der Waals surface area contributed by atoms with Crippen molar-refractivity contribution < 1.29 is 66.2 Å². The average molecular weight is 641 g/mol. The third-order valence-electron chi connectivity index (χ3n) is 4.40. The number of hydrogen-bond donors (Lipinski definition) is 1. The molecule has 0 aromatic heterocycles. The first-order chi connectivity index (χ1) is 18.7. The lowest BCUT2D eigenvalue weighted by molar-refractivity contribution is -0.870. The van der Waals surface area contributed by atoms with Crippen molar-refractivity contribution in [1.82, 2.24) is 0 Å². The summed E-state index contributed by atoms with van der Waals surface area (Å²) >= 11 is 0. The molecule has 250 valence electrons. The first kappa shape index (κ1) is 43.1. The van der Waals surface area contributed by atoms with E-state index in [1.54, 1.807) is 0 Å². The monoisotopic (exact) mass is 640 g/mol. The SMILES string of the molecule is CC(C)OC[C@H](COP(=O)([O-])OCC[N+](C)(C)C)OC(C)C.CC(C)OC[C@H](COP(=O)([O-])OCC[NH3+])OC(C)C. The highest BCUT2D eigenvalue weighted by Crippen LogP contribution is 2.39. The summed E-state index contributed by atoms with van der Waals surface area (Å²) in [5.74, 6) is 0. The van der Waals surface area contributed by atoms with E-state index in [0.717, 1.165) is 0 Å². The summed E-state index contributed by atoms with van der Waals surface area (Å²) in [5, 5.41) is 0. The van der Waals surface area contributed by atoms with E-state index in [1.807, 2.05) is 76.5 Å². The number of phosphoric ester groups is 2. The van der Waals surface area contributed by atoms with Crippen LogP contribution >= 0.6 is 15.6 Å². The minimum Gasteiger partial charge on any atom is -0.756 e. The van der Waals surface area contributed by atoms with Crippen LogP contribution in [0.25, 0.3) is 0 Å². The molecule has 3 N–H and O–H groups in total. The lowest BCUT2D eigenvalue weighted by atomic mass is 10.3. The fourth-order valence-electron chi connectivity index (χ4n) is 2.65. The molecule has 0 saturated heterocycles. The maximum Gasteiger partial charge on any atom is 0.268 e. The van der Waals surface area contributed by atoms with Crippen LogP contribution in [0.2, 0.25) is 0 Å². The maximum atomic E-state index is 11.7. The van der Waals surface area contributed by atoms with E-state index < -0.39 is 27.9 Å². The summed E-state index contributed by atoms with van der Waals surface area (Å²) in [6.07, 6.45) is -0.914. The molecule has 0 rings (SSSR count). The van der Waals surface area contributed by atoms with E-state index in [9.17, 15) is 18.9 Å². The van der Waals surface area contributed by atoms with Crippen molar-refractivity contribution in [2.75, 3.05) is 73.9 Å². The Labute approximate surface area is 247 Å². The lowest BCUT2D eigenvalue weighted by Crippen LogP contribution is -2.52. The molecular weight excluding hydrogens is 582 g/mol. The van der Waals surface area contributed by atoms with Gasteiger partial charge in [0.1, 0.15) is 32.0 Å². The van der Waals surface area contributed by atoms with E-state index in [2.05, 4.69) is 10.3 Å². The second-order valence-electron chi connectivity index (χ2n) is 11.4.